The third-order valence-corrected chi connectivity index (χ3v) is 1.90. The van der Waals surface area contributed by atoms with Crippen molar-refractivity contribution in [3.8, 4) is 0 Å². The summed E-state index contributed by atoms with van der Waals surface area (Å²) < 4.78 is 0. The molecule has 0 aliphatic rings. The van der Waals surface area contributed by atoms with E-state index in [0.29, 0.717) is 13.1 Å². The lowest BCUT2D eigenvalue weighted by atomic mass is 10.2. The van der Waals surface area contributed by atoms with E-state index in [-0.39, 0.29) is 5.91 Å². The average Bonchev–Trinajstić information content (AvgIpc) is 2.23. The van der Waals surface area contributed by atoms with Gasteiger partial charge in [-0.2, -0.15) is 0 Å². The van der Waals surface area contributed by atoms with Crippen molar-refractivity contribution in [3.05, 3.63) is 22.1 Å². The molecule has 5 heteroatoms. The second-order valence-corrected chi connectivity index (χ2v) is 3.21. The van der Waals surface area contributed by atoms with Gasteiger partial charge in [-0.1, -0.05) is 18.1 Å². The first-order valence-corrected chi connectivity index (χ1v) is 5.18. The fraction of sp³-hybridized carbons (Fsp3) is 0.700. The largest absolute Gasteiger partial charge is 0.352 e. The third kappa shape index (κ3) is 7.58. The second kappa shape index (κ2) is 9.09. The number of carbonyl (C=O) groups is 1. The Balaban J connectivity index is 3.55. The van der Waals surface area contributed by atoms with E-state index in [1.54, 1.807) is 6.92 Å². The monoisotopic (exact) mass is 210 g/mol. The van der Waals surface area contributed by atoms with Crippen LogP contribution in [0, 0.1) is 0 Å². The summed E-state index contributed by atoms with van der Waals surface area (Å²) in [7, 11) is 0. The minimum absolute atomic E-state index is 0.0133. The molecule has 0 bridgehead atoms. The summed E-state index contributed by atoms with van der Waals surface area (Å²) in [6.45, 7) is 4.93. The summed E-state index contributed by atoms with van der Waals surface area (Å²) in [4.78, 5) is 14.0. The molecule has 0 atom stereocenters. The van der Waals surface area contributed by atoms with Gasteiger partial charge < -0.3 is 5.32 Å². The normalized spacial score (nSPS) is 10.7. The predicted octanol–water partition coefficient (Wildman–Crippen LogP) is 2.55. The first-order chi connectivity index (χ1) is 7.22. The molecule has 84 valence electrons. The van der Waals surface area contributed by atoms with Gasteiger partial charge in [-0.25, -0.2) is 0 Å². The highest BCUT2D eigenvalue weighted by molar-refractivity contribution is 5.92. The van der Waals surface area contributed by atoms with Gasteiger partial charge >= 0.3 is 0 Å². The maximum absolute atomic E-state index is 11.4. The van der Waals surface area contributed by atoms with Crippen molar-refractivity contribution in [2.45, 2.75) is 33.1 Å². The summed E-state index contributed by atoms with van der Waals surface area (Å²) in [5, 5.41) is 6.21. The van der Waals surface area contributed by atoms with E-state index >= 15 is 0 Å². The molecule has 1 amide bonds. The number of azide groups is 1. The van der Waals surface area contributed by atoms with Gasteiger partial charge in [0.2, 0.25) is 5.91 Å². The number of hydrogen-bond acceptors (Lipinski definition) is 2. The number of unbranched alkanes of at least 4 members (excludes halogenated alkanes) is 1. The topological polar surface area (TPSA) is 77.9 Å². The summed E-state index contributed by atoms with van der Waals surface area (Å²) in [5.41, 5.74) is 8.78. The Morgan fingerprint density at radius 2 is 2.27 bits per heavy atom. The molecule has 0 aliphatic heterocycles. The van der Waals surface area contributed by atoms with Crippen molar-refractivity contribution in [3.63, 3.8) is 0 Å². The predicted molar refractivity (Wildman–Crippen MR) is 60.3 cm³/mol. The van der Waals surface area contributed by atoms with Crippen LogP contribution >= 0.6 is 0 Å². The minimum Gasteiger partial charge on any atom is -0.352 e. The lowest BCUT2D eigenvalue weighted by Gasteiger charge is -2.04. The van der Waals surface area contributed by atoms with E-state index in [0.717, 1.165) is 24.8 Å². The molecule has 0 unspecified atom stereocenters. The average molecular weight is 210 g/mol. The first-order valence-electron chi connectivity index (χ1n) is 5.18. The van der Waals surface area contributed by atoms with Gasteiger partial charge in [-0.3, -0.25) is 4.79 Å². The first kappa shape index (κ1) is 13.5. The van der Waals surface area contributed by atoms with Gasteiger partial charge in [-0.05, 0) is 31.7 Å². The highest BCUT2D eigenvalue weighted by Crippen LogP contribution is 1.95. The van der Waals surface area contributed by atoms with Crippen LogP contribution in [0.1, 0.15) is 33.1 Å². The molecule has 0 saturated heterocycles. The van der Waals surface area contributed by atoms with Crippen molar-refractivity contribution >= 4 is 5.91 Å². The van der Waals surface area contributed by atoms with Gasteiger partial charge in [0.25, 0.3) is 0 Å². The fourth-order valence-electron chi connectivity index (χ4n) is 1.09. The molecule has 0 aromatic heterocycles. The number of amides is 1. The van der Waals surface area contributed by atoms with Crippen LogP contribution in [0.5, 0.6) is 0 Å². The number of nitrogens with zero attached hydrogens (tertiary/aromatic N) is 3. The molecule has 0 aliphatic carbocycles. The summed E-state index contributed by atoms with van der Waals surface area (Å²) >= 11 is 0. The molecule has 0 fully saturated rings. The Hall–Kier alpha value is -1.48. The van der Waals surface area contributed by atoms with E-state index in [1.165, 1.54) is 0 Å². The van der Waals surface area contributed by atoms with E-state index < -0.39 is 0 Å². The van der Waals surface area contributed by atoms with Crippen LogP contribution in [0.25, 0.3) is 10.4 Å². The highest BCUT2D eigenvalue weighted by atomic mass is 16.1. The standard InChI is InChI=1S/C10H18N4O/c1-3-6-9(2)10(15)12-7-4-5-8-13-14-11/h6H,3-5,7-8H2,1-2H3,(H,12,15)/b9-6-. The molecule has 0 heterocycles. The SMILES string of the molecule is CC/C=C(/C)C(=O)NCCCCN=[N+]=[N-]. The van der Waals surface area contributed by atoms with Crippen LogP contribution in [-0.4, -0.2) is 19.0 Å². The van der Waals surface area contributed by atoms with Crippen LogP contribution in [-0.2, 0) is 4.79 Å². The van der Waals surface area contributed by atoms with Crippen molar-refractivity contribution in [2.24, 2.45) is 5.11 Å². The molecule has 15 heavy (non-hydrogen) atoms. The number of allylic oxidation sites excluding steroid dienone is 1. The maximum Gasteiger partial charge on any atom is 0.246 e. The molecule has 1 N–H and O–H groups in total. The Kier molecular flexibility index (Phi) is 8.19. The lowest BCUT2D eigenvalue weighted by Crippen LogP contribution is -2.25. The Labute approximate surface area is 90.2 Å². The Morgan fingerprint density at radius 3 is 2.87 bits per heavy atom. The van der Waals surface area contributed by atoms with Crippen LogP contribution in [0.15, 0.2) is 16.8 Å². The van der Waals surface area contributed by atoms with Gasteiger partial charge in [0.05, 0.1) is 0 Å². The molecular weight excluding hydrogens is 192 g/mol. The zero-order valence-electron chi connectivity index (χ0n) is 9.36. The smallest absolute Gasteiger partial charge is 0.246 e. The molecule has 0 radical (unpaired) electrons. The van der Waals surface area contributed by atoms with E-state index in [1.807, 2.05) is 13.0 Å². The van der Waals surface area contributed by atoms with Gasteiger partial charge in [0, 0.05) is 23.6 Å². The quantitative estimate of drug-likeness (QED) is 0.226. The van der Waals surface area contributed by atoms with Crippen molar-refractivity contribution in [1.29, 1.82) is 0 Å². The summed E-state index contributed by atoms with van der Waals surface area (Å²) in [6, 6.07) is 0. The number of carbonyl (C=O) groups excluding carboxylic acids is 1. The molecule has 0 aromatic carbocycles. The van der Waals surface area contributed by atoms with Crippen LogP contribution in [0.2, 0.25) is 0 Å². The van der Waals surface area contributed by atoms with Crippen molar-refractivity contribution in [2.75, 3.05) is 13.1 Å². The van der Waals surface area contributed by atoms with Gasteiger partial charge in [0.1, 0.15) is 0 Å². The lowest BCUT2D eigenvalue weighted by molar-refractivity contribution is -0.117. The molecule has 0 saturated carbocycles. The van der Waals surface area contributed by atoms with Crippen molar-refractivity contribution < 1.29 is 4.79 Å². The zero-order valence-corrected chi connectivity index (χ0v) is 9.36. The summed E-state index contributed by atoms with van der Waals surface area (Å²) in [5.74, 6) is -0.0133. The second-order valence-electron chi connectivity index (χ2n) is 3.21. The fourth-order valence-corrected chi connectivity index (χ4v) is 1.09. The number of hydrogen-bond donors (Lipinski definition) is 1. The van der Waals surface area contributed by atoms with Crippen LogP contribution < -0.4 is 5.32 Å². The van der Waals surface area contributed by atoms with Crippen molar-refractivity contribution in [1.82, 2.24) is 5.32 Å². The number of rotatable bonds is 7. The van der Waals surface area contributed by atoms with Crippen LogP contribution in [0.4, 0.5) is 0 Å². The van der Waals surface area contributed by atoms with E-state index in [2.05, 4.69) is 15.3 Å². The van der Waals surface area contributed by atoms with Gasteiger partial charge in [-0.15, -0.1) is 0 Å². The highest BCUT2D eigenvalue weighted by Gasteiger charge is 2.00. The molecule has 0 rings (SSSR count). The minimum atomic E-state index is -0.0133. The van der Waals surface area contributed by atoms with Crippen LogP contribution in [0.3, 0.4) is 0 Å². The Bertz CT molecular complexity index is 267. The molecule has 5 nitrogen and oxygen atoms in total. The molecular formula is C10H18N4O. The Morgan fingerprint density at radius 1 is 1.53 bits per heavy atom. The molecule has 0 aromatic rings. The zero-order chi connectivity index (χ0) is 11.5. The van der Waals surface area contributed by atoms with E-state index in [9.17, 15) is 4.79 Å². The summed E-state index contributed by atoms with van der Waals surface area (Å²) in [6.07, 6.45) is 4.41. The van der Waals surface area contributed by atoms with Gasteiger partial charge in [0.15, 0.2) is 0 Å². The van der Waals surface area contributed by atoms with E-state index in [4.69, 9.17) is 5.53 Å². The number of nitrogens with one attached hydrogen (secondary N) is 1. The maximum atomic E-state index is 11.4. The third-order valence-electron chi connectivity index (χ3n) is 1.90. The molecule has 0 spiro atoms.